The van der Waals surface area contributed by atoms with Crippen molar-refractivity contribution in [2.24, 2.45) is 0 Å². The van der Waals surface area contributed by atoms with Gasteiger partial charge in [-0.15, -0.1) is 5.10 Å². The average Bonchev–Trinajstić information content (AvgIpc) is 2.52. The van der Waals surface area contributed by atoms with Crippen molar-refractivity contribution in [3.63, 3.8) is 0 Å². The molecule has 0 unspecified atom stereocenters. The number of amides is 1. The SMILES string of the molecule is CCNC(=O)Cn1cc(C(C)(C)O)nn1. The molecule has 84 valence electrons. The van der Waals surface area contributed by atoms with Crippen LogP contribution in [0, 0.1) is 0 Å². The van der Waals surface area contributed by atoms with Crippen molar-refractivity contribution >= 4 is 5.91 Å². The Bertz CT molecular complexity index is 340. The number of nitrogens with zero attached hydrogens (tertiary/aromatic N) is 3. The van der Waals surface area contributed by atoms with Gasteiger partial charge in [0.1, 0.15) is 17.8 Å². The second kappa shape index (κ2) is 4.39. The molecule has 1 aromatic heterocycles. The number of carbonyl (C=O) groups excluding carboxylic acids is 1. The van der Waals surface area contributed by atoms with Crippen LogP contribution in [0.15, 0.2) is 6.20 Å². The Balaban J connectivity index is 2.65. The van der Waals surface area contributed by atoms with Gasteiger partial charge in [-0.3, -0.25) is 4.79 Å². The first-order valence-electron chi connectivity index (χ1n) is 4.83. The van der Waals surface area contributed by atoms with Crippen LogP contribution in [0.4, 0.5) is 0 Å². The Hall–Kier alpha value is -1.43. The highest BCUT2D eigenvalue weighted by Crippen LogP contribution is 2.15. The lowest BCUT2D eigenvalue weighted by Crippen LogP contribution is -2.27. The third-order valence-electron chi connectivity index (χ3n) is 1.85. The highest BCUT2D eigenvalue weighted by Gasteiger charge is 2.20. The molecule has 0 saturated carbocycles. The minimum atomic E-state index is -1.03. The van der Waals surface area contributed by atoms with Gasteiger partial charge in [0.25, 0.3) is 0 Å². The van der Waals surface area contributed by atoms with Crippen molar-refractivity contribution < 1.29 is 9.90 Å². The third-order valence-corrected chi connectivity index (χ3v) is 1.85. The van der Waals surface area contributed by atoms with Crippen molar-refractivity contribution in [3.8, 4) is 0 Å². The smallest absolute Gasteiger partial charge is 0.241 e. The molecule has 1 rings (SSSR count). The summed E-state index contributed by atoms with van der Waals surface area (Å²) in [5.74, 6) is -0.121. The fourth-order valence-electron chi connectivity index (χ4n) is 1.06. The first kappa shape index (κ1) is 11.6. The summed E-state index contributed by atoms with van der Waals surface area (Å²) >= 11 is 0. The third kappa shape index (κ3) is 3.32. The van der Waals surface area contributed by atoms with E-state index in [0.29, 0.717) is 12.2 Å². The van der Waals surface area contributed by atoms with Crippen LogP contribution >= 0.6 is 0 Å². The van der Waals surface area contributed by atoms with E-state index in [-0.39, 0.29) is 12.5 Å². The summed E-state index contributed by atoms with van der Waals surface area (Å²) in [5.41, 5.74) is -0.578. The molecule has 0 bridgehead atoms. The molecule has 0 saturated heterocycles. The molecular formula is C9H16N4O2. The van der Waals surface area contributed by atoms with E-state index in [1.165, 1.54) is 4.68 Å². The molecule has 0 aromatic carbocycles. The Morgan fingerprint density at radius 3 is 2.80 bits per heavy atom. The zero-order chi connectivity index (χ0) is 11.5. The van der Waals surface area contributed by atoms with Gasteiger partial charge in [0.2, 0.25) is 5.91 Å². The quantitative estimate of drug-likeness (QED) is 0.714. The van der Waals surface area contributed by atoms with Gasteiger partial charge in [-0.05, 0) is 20.8 Å². The van der Waals surface area contributed by atoms with Crippen LogP contribution in [-0.2, 0) is 16.9 Å². The number of rotatable bonds is 4. The van der Waals surface area contributed by atoms with Crippen LogP contribution in [0.5, 0.6) is 0 Å². The van der Waals surface area contributed by atoms with Gasteiger partial charge in [0, 0.05) is 6.54 Å². The van der Waals surface area contributed by atoms with Gasteiger partial charge in [-0.2, -0.15) is 0 Å². The lowest BCUT2D eigenvalue weighted by Gasteiger charge is -2.11. The van der Waals surface area contributed by atoms with E-state index in [1.807, 2.05) is 6.92 Å². The Labute approximate surface area is 88.3 Å². The minimum Gasteiger partial charge on any atom is -0.384 e. The normalized spacial score (nSPS) is 11.5. The molecule has 2 N–H and O–H groups in total. The summed E-state index contributed by atoms with van der Waals surface area (Å²) in [4.78, 5) is 11.2. The molecular weight excluding hydrogens is 196 g/mol. The largest absolute Gasteiger partial charge is 0.384 e. The minimum absolute atomic E-state index is 0.121. The molecule has 0 atom stereocenters. The first-order valence-corrected chi connectivity index (χ1v) is 4.83. The fraction of sp³-hybridized carbons (Fsp3) is 0.667. The molecule has 0 radical (unpaired) electrons. The lowest BCUT2D eigenvalue weighted by atomic mass is 10.1. The van der Waals surface area contributed by atoms with Gasteiger partial charge >= 0.3 is 0 Å². The van der Waals surface area contributed by atoms with Crippen LogP contribution < -0.4 is 5.32 Å². The Morgan fingerprint density at radius 2 is 2.33 bits per heavy atom. The maximum atomic E-state index is 11.2. The predicted octanol–water partition coefficient (Wildman–Crippen LogP) is -0.358. The predicted molar refractivity (Wildman–Crippen MR) is 54.0 cm³/mol. The van der Waals surface area contributed by atoms with E-state index in [4.69, 9.17) is 0 Å². The summed E-state index contributed by atoms with van der Waals surface area (Å²) < 4.78 is 1.40. The summed E-state index contributed by atoms with van der Waals surface area (Å²) in [6.07, 6.45) is 1.56. The Morgan fingerprint density at radius 1 is 1.67 bits per heavy atom. The summed E-state index contributed by atoms with van der Waals surface area (Å²) in [6.45, 7) is 5.80. The number of carbonyl (C=O) groups is 1. The monoisotopic (exact) mass is 212 g/mol. The van der Waals surface area contributed by atoms with Gasteiger partial charge in [0.15, 0.2) is 0 Å². The van der Waals surface area contributed by atoms with E-state index < -0.39 is 5.60 Å². The molecule has 0 fully saturated rings. The standard InChI is InChI=1S/C9H16N4O2/c1-4-10-8(14)6-13-5-7(11-12-13)9(2,3)15/h5,15H,4,6H2,1-3H3,(H,10,14). The van der Waals surface area contributed by atoms with E-state index >= 15 is 0 Å². The highest BCUT2D eigenvalue weighted by molar-refractivity contribution is 5.75. The number of aromatic nitrogens is 3. The van der Waals surface area contributed by atoms with Crippen LogP contribution in [0.3, 0.4) is 0 Å². The molecule has 6 nitrogen and oxygen atoms in total. The first-order chi connectivity index (χ1) is 6.93. The number of nitrogens with one attached hydrogen (secondary N) is 1. The lowest BCUT2D eigenvalue weighted by molar-refractivity contribution is -0.121. The molecule has 15 heavy (non-hydrogen) atoms. The fourth-order valence-corrected chi connectivity index (χ4v) is 1.06. The van der Waals surface area contributed by atoms with E-state index in [1.54, 1.807) is 20.0 Å². The highest BCUT2D eigenvalue weighted by atomic mass is 16.3. The molecule has 0 aliphatic rings. The Kier molecular flexibility index (Phi) is 3.41. The topological polar surface area (TPSA) is 80.0 Å². The number of hydrogen-bond donors (Lipinski definition) is 2. The van der Waals surface area contributed by atoms with Crippen molar-refractivity contribution in [2.45, 2.75) is 32.9 Å². The summed E-state index contributed by atoms with van der Waals surface area (Å²) in [7, 11) is 0. The van der Waals surface area contributed by atoms with Crippen molar-refractivity contribution in [3.05, 3.63) is 11.9 Å². The molecule has 0 spiro atoms. The van der Waals surface area contributed by atoms with Gasteiger partial charge < -0.3 is 10.4 Å². The average molecular weight is 212 g/mol. The van der Waals surface area contributed by atoms with Gasteiger partial charge in [0.05, 0.1) is 6.20 Å². The summed E-state index contributed by atoms with van der Waals surface area (Å²) in [6, 6.07) is 0. The molecule has 1 amide bonds. The molecule has 0 aliphatic heterocycles. The van der Waals surface area contributed by atoms with Crippen molar-refractivity contribution in [1.82, 2.24) is 20.3 Å². The summed E-state index contributed by atoms with van der Waals surface area (Å²) in [5, 5.41) is 19.8. The number of hydrogen-bond acceptors (Lipinski definition) is 4. The zero-order valence-corrected chi connectivity index (χ0v) is 9.19. The van der Waals surface area contributed by atoms with Crippen molar-refractivity contribution in [1.29, 1.82) is 0 Å². The maximum Gasteiger partial charge on any atom is 0.241 e. The van der Waals surface area contributed by atoms with Crippen LogP contribution in [0.25, 0.3) is 0 Å². The molecule has 1 aromatic rings. The van der Waals surface area contributed by atoms with Crippen LogP contribution in [0.1, 0.15) is 26.5 Å². The second-order valence-corrected chi connectivity index (χ2v) is 3.81. The van der Waals surface area contributed by atoms with Gasteiger partial charge in [-0.25, -0.2) is 4.68 Å². The number of likely N-dealkylation sites (N-methyl/N-ethyl adjacent to an activating group) is 1. The maximum absolute atomic E-state index is 11.2. The van der Waals surface area contributed by atoms with E-state index in [9.17, 15) is 9.90 Å². The van der Waals surface area contributed by atoms with Crippen LogP contribution in [0.2, 0.25) is 0 Å². The molecule has 0 aliphatic carbocycles. The number of aliphatic hydroxyl groups is 1. The van der Waals surface area contributed by atoms with E-state index in [2.05, 4.69) is 15.6 Å². The van der Waals surface area contributed by atoms with Crippen molar-refractivity contribution in [2.75, 3.05) is 6.54 Å². The van der Waals surface area contributed by atoms with Crippen LogP contribution in [-0.4, -0.2) is 32.6 Å². The molecule has 6 heteroatoms. The second-order valence-electron chi connectivity index (χ2n) is 3.81. The van der Waals surface area contributed by atoms with Gasteiger partial charge in [-0.1, -0.05) is 5.21 Å². The van der Waals surface area contributed by atoms with E-state index in [0.717, 1.165) is 0 Å². The zero-order valence-electron chi connectivity index (χ0n) is 9.19. The molecule has 1 heterocycles.